The van der Waals surface area contributed by atoms with Gasteiger partial charge in [-0.05, 0) is 12.5 Å². The number of nitrogens with zero attached hydrogens (tertiary/aromatic N) is 1. The molecule has 2 aromatic rings. The van der Waals surface area contributed by atoms with Crippen LogP contribution in [-0.2, 0) is 0 Å². The van der Waals surface area contributed by atoms with Gasteiger partial charge in [-0.3, -0.25) is 0 Å². The highest BCUT2D eigenvalue weighted by Crippen LogP contribution is 2.27. The molecule has 1 atom stereocenters. The van der Waals surface area contributed by atoms with Crippen LogP contribution in [0, 0.1) is 0 Å². The lowest BCUT2D eigenvalue weighted by molar-refractivity contribution is 0.151. The van der Waals surface area contributed by atoms with E-state index in [9.17, 15) is 8.78 Å². The highest BCUT2D eigenvalue weighted by molar-refractivity contribution is 5.60. The highest BCUT2D eigenvalue weighted by Gasteiger charge is 2.14. The van der Waals surface area contributed by atoms with Crippen molar-refractivity contribution in [3.63, 3.8) is 0 Å². The van der Waals surface area contributed by atoms with Crippen molar-refractivity contribution in [3.05, 3.63) is 41.7 Å². The van der Waals surface area contributed by atoms with Crippen LogP contribution in [0.25, 0.3) is 11.3 Å². The number of nitrogens with two attached hydrogens (primary N) is 1. The van der Waals surface area contributed by atoms with Crippen molar-refractivity contribution in [2.75, 3.05) is 0 Å². The van der Waals surface area contributed by atoms with E-state index in [0.717, 1.165) is 12.8 Å². The van der Waals surface area contributed by atoms with Crippen molar-refractivity contribution < 1.29 is 13.3 Å². The van der Waals surface area contributed by atoms with Gasteiger partial charge in [-0.25, -0.2) is 8.78 Å². The summed E-state index contributed by atoms with van der Waals surface area (Å²) in [4.78, 5) is 0. The lowest BCUT2D eigenvalue weighted by Gasteiger charge is -2.03. The van der Waals surface area contributed by atoms with Gasteiger partial charge in [0.1, 0.15) is 5.69 Å². The van der Waals surface area contributed by atoms with Crippen molar-refractivity contribution in [1.82, 2.24) is 5.16 Å². The Balaban J connectivity index is 2.25. The summed E-state index contributed by atoms with van der Waals surface area (Å²) in [6, 6.07) is 7.61. The molecule has 0 amide bonds. The van der Waals surface area contributed by atoms with Crippen LogP contribution >= 0.6 is 0 Å². The van der Waals surface area contributed by atoms with Crippen LogP contribution in [0.4, 0.5) is 8.78 Å². The molecule has 1 unspecified atom stereocenters. The number of aromatic nitrogens is 1. The van der Waals surface area contributed by atoms with Crippen LogP contribution in [-0.4, -0.2) is 5.16 Å². The normalized spacial score (nSPS) is 12.9. The molecular formula is C14H16F2N2O. The number of alkyl halides is 2. The highest BCUT2D eigenvalue weighted by atomic mass is 19.3. The molecule has 5 heteroatoms. The standard InChI is InChI=1S/C14H16F2N2O/c1-2-4-11(17)13-8-12(18-19-13)9-5-3-6-10(7-9)14(15)16/h3,5-8,11,14H,2,4,17H2,1H3. The van der Waals surface area contributed by atoms with Gasteiger partial charge >= 0.3 is 0 Å². The molecule has 0 fully saturated rings. The van der Waals surface area contributed by atoms with E-state index in [1.165, 1.54) is 12.1 Å². The number of hydrogen-bond donors (Lipinski definition) is 1. The first-order valence-electron chi connectivity index (χ1n) is 6.22. The summed E-state index contributed by atoms with van der Waals surface area (Å²) in [5.74, 6) is 0.583. The van der Waals surface area contributed by atoms with Crippen LogP contribution in [0.15, 0.2) is 34.9 Å². The smallest absolute Gasteiger partial charge is 0.263 e. The average molecular weight is 266 g/mol. The molecule has 2 rings (SSSR count). The molecule has 0 aliphatic heterocycles. The van der Waals surface area contributed by atoms with Gasteiger partial charge in [0, 0.05) is 17.2 Å². The second-order valence-electron chi connectivity index (χ2n) is 4.44. The van der Waals surface area contributed by atoms with E-state index in [-0.39, 0.29) is 11.6 Å². The zero-order valence-corrected chi connectivity index (χ0v) is 10.6. The fourth-order valence-corrected chi connectivity index (χ4v) is 1.89. The van der Waals surface area contributed by atoms with Crippen LogP contribution in [0.3, 0.4) is 0 Å². The molecule has 19 heavy (non-hydrogen) atoms. The summed E-state index contributed by atoms with van der Waals surface area (Å²) in [5.41, 5.74) is 7.03. The Morgan fingerprint density at radius 3 is 2.79 bits per heavy atom. The Kier molecular flexibility index (Phi) is 4.27. The predicted octanol–water partition coefficient (Wildman–Crippen LogP) is 4.08. The first-order chi connectivity index (χ1) is 9.11. The summed E-state index contributed by atoms with van der Waals surface area (Å²) in [5, 5.41) is 3.89. The SMILES string of the molecule is CCCC(N)c1cc(-c2cccc(C(F)F)c2)no1. The summed E-state index contributed by atoms with van der Waals surface area (Å²) in [6.45, 7) is 2.03. The molecule has 0 bridgehead atoms. The van der Waals surface area contributed by atoms with Crippen LogP contribution in [0.1, 0.15) is 43.6 Å². The van der Waals surface area contributed by atoms with Crippen molar-refractivity contribution in [2.24, 2.45) is 5.73 Å². The van der Waals surface area contributed by atoms with Gasteiger partial charge in [0.25, 0.3) is 6.43 Å². The van der Waals surface area contributed by atoms with Gasteiger partial charge in [-0.1, -0.05) is 36.7 Å². The Bertz CT molecular complexity index is 540. The molecule has 1 aromatic heterocycles. The van der Waals surface area contributed by atoms with Gasteiger partial charge in [0.05, 0.1) is 6.04 Å². The minimum Gasteiger partial charge on any atom is -0.359 e. The molecular weight excluding hydrogens is 250 g/mol. The first kappa shape index (κ1) is 13.7. The summed E-state index contributed by atoms with van der Waals surface area (Å²) < 4.78 is 30.4. The maximum absolute atomic E-state index is 12.6. The lowest BCUT2D eigenvalue weighted by Crippen LogP contribution is -2.08. The average Bonchev–Trinajstić information content (AvgIpc) is 2.89. The topological polar surface area (TPSA) is 52.0 Å². The number of hydrogen-bond acceptors (Lipinski definition) is 3. The Morgan fingerprint density at radius 1 is 1.32 bits per heavy atom. The zero-order valence-electron chi connectivity index (χ0n) is 10.6. The molecule has 3 nitrogen and oxygen atoms in total. The molecule has 0 spiro atoms. The monoisotopic (exact) mass is 266 g/mol. The third kappa shape index (κ3) is 3.17. The summed E-state index contributed by atoms with van der Waals surface area (Å²) in [7, 11) is 0. The summed E-state index contributed by atoms with van der Waals surface area (Å²) in [6.07, 6.45) is -0.752. The van der Waals surface area contributed by atoms with Crippen molar-refractivity contribution in [3.8, 4) is 11.3 Å². The van der Waals surface area contributed by atoms with E-state index in [1.807, 2.05) is 6.92 Å². The van der Waals surface area contributed by atoms with E-state index in [0.29, 0.717) is 17.0 Å². The fourth-order valence-electron chi connectivity index (χ4n) is 1.89. The molecule has 0 radical (unpaired) electrons. The largest absolute Gasteiger partial charge is 0.359 e. The van der Waals surface area contributed by atoms with Gasteiger partial charge in [0.15, 0.2) is 5.76 Å². The maximum Gasteiger partial charge on any atom is 0.263 e. The molecule has 0 aliphatic carbocycles. The number of benzene rings is 1. The van der Waals surface area contributed by atoms with Gasteiger partial charge in [0.2, 0.25) is 0 Å². The number of rotatable bonds is 5. The molecule has 102 valence electrons. The van der Waals surface area contributed by atoms with Crippen molar-refractivity contribution >= 4 is 0 Å². The maximum atomic E-state index is 12.6. The second-order valence-corrected chi connectivity index (χ2v) is 4.44. The summed E-state index contributed by atoms with van der Waals surface area (Å²) >= 11 is 0. The van der Waals surface area contributed by atoms with E-state index in [4.69, 9.17) is 10.3 Å². The van der Waals surface area contributed by atoms with E-state index in [1.54, 1.807) is 18.2 Å². The Labute approximate surface area is 110 Å². The van der Waals surface area contributed by atoms with Crippen molar-refractivity contribution in [1.29, 1.82) is 0 Å². The third-order valence-corrected chi connectivity index (χ3v) is 2.93. The first-order valence-corrected chi connectivity index (χ1v) is 6.22. The third-order valence-electron chi connectivity index (χ3n) is 2.93. The Hall–Kier alpha value is -1.75. The van der Waals surface area contributed by atoms with Crippen LogP contribution in [0.5, 0.6) is 0 Å². The van der Waals surface area contributed by atoms with Gasteiger partial charge < -0.3 is 10.3 Å². The minimum absolute atomic E-state index is 0.0279. The molecule has 2 N–H and O–H groups in total. The van der Waals surface area contributed by atoms with Gasteiger partial charge in [-0.2, -0.15) is 0 Å². The van der Waals surface area contributed by atoms with Crippen LogP contribution < -0.4 is 5.73 Å². The predicted molar refractivity (Wildman–Crippen MR) is 68.7 cm³/mol. The molecule has 0 saturated carbocycles. The molecule has 1 aromatic carbocycles. The minimum atomic E-state index is -2.49. The quantitative estimate of drug-likeness (QED) is 0.887. The lowest BCUT2D eigenvalue weighted by atomic mass is 10.1. The van der Waals surface area contributed by atoms with E-state index < -0.39 is 6.43 Å². The van der Waals surface area contributed by atoms with Crippen molar-refractivity contribution in [2.45, 2.75) is 32.2 Å². The van der Waals surface area contributed by atoms with E-state index in [2.05, 4.69) is 5.16 Å². The second kappa shape index (κ2) is 5.93. The van der Waals surface area contributed by atoms with Gasteiger partial charge in [-0.15, -0.1) is 0 Å². The fraction of sp³-hybridized carbons (Fsp3) is 0.357. The number of halogens is 2. The Morgan fingerprint density at radius 2 is 2.11 bits per heavy atom. The van der Waals surface area contributed by atoms with Crippen LogP contribution in [0.2, 0.25) is 0 Å². The zero-order chi connectivity index (χ0) is 13.8. The molecule has 1 heterocycles. The molecule has 0 aliphatic rings. The van der Waals surface area contributed by atoms with E-state index >= 15 is 0 Å². The molecule has 0 saturated heterocycles.